The van der Waals surface area contributed by atoms with Crippen molar-refractivity contribution in [2.24, 2.45) is 5.73 Å². The van der Waals surface area contributed by atoms with Crippen LogP contribution in [-0.4, -0.2) is 11.5 Å². The summed E-state index contributed by atoms with van der Waals surface area (Å²) < 4.78 is 0.991. The summed E-state index contributed by atoms with van der Waals surface area (Å²) >= 11 is 3.32. The Morgan fingerprint density at radius 1 is 1.67 bits per heavy atom. The van der Waals surface area contributed by atoms with E-state index in [1.165, 1.54) is 0 Å². The quantitative estimate of drug-likeness (QED) is 0.841. The number of halogens is 1. The molecular formula is C9H11BrN2. The predicted molar refractivity (Wildman–Crippen MR) is 54.6 cm³/mol. The van der Waals surface area contributed by atoms with Gasteiger partial charge in [-0.05, 0) is 41.1 Å². The third kappa shape index (κ3) is 2.75. The van der Waals surface area contributed by atoms with E-state index in [2.05, 4.69) is 20.9 Å². The van der Waals surface area contributed by atoms with E-state index in [9.17, 15) is 0 Å². The summed E-state index contributed by atoms with van der Waals surface area (Å²) in [5, 5.41) is 0. The minimum Gasteiger partial charge on any atom is -0.327 e. The first-order valence-electron chi connectivity index (χ1n) is 3.71. The van der Waals surface area contributed by atoms with E-state index in [1.807, 2.05) is 25.1 Å². The van der Waals surface area contributed by atoms with Gasteiger partial charge in [-0.2, -0.15) is 0 Å². The average Bonchev–Trinajstić information content (AvgIpc) is 2.09. The van der Waals surface area contributed by atoms with Crippen LogP contribution in [0.15, 0.2) is 28.4 Å². The van der Waals surface area contributed by atoms with Crippen molar-refractivity contribution in [1.82, 2.24) is 4.98 Å². The molecular weight excluding hydrogens is 216 g/mol. The molecule has 64 valence electrons. The van der Waals surface area contributed by atoms with Crippen LogP contribution < -0.4 is 5.73 Å². The van der Waals surface area contributed by atoms with E-state index >= 15 is 0 Å². The molecule has 0 aromatic carbocycles. The van der Waals surface area contributed by atoms with Gasteiger partial charge in [0.15, 0.2) is 0 Å². The lowest BCUT2D eigenvalue weighted by Gasteiger charge is -1.96. The van der Waals surface area contributed by atoms with E-state index in [4.69, 9.17) is 5.73 Å². The first-order chi connectivity index (χ1) is 5.72. The summed E-state index contributed by atoms with van der Waals surface area (Å²) in [6.45, 7) is 2.57. The maximum Gasteiger partial charge on any atom is 0.0630 e. The molecule has 0 atom stereocenters. The molecule has 0 spiro atoms. The first-order valence-corrected chi connectivity index (χ1v) is 4.50. The zero-order valence-corrected chi connectivity index (χ0v) is 8.51. The molecule has 0 bridgehead atoms. The Labute approximate surface area is 80.6 Å². The fourth-order valence-corrected chi connectivity index (χ4v) is 1.02. The molecule has 0 unspecified atom stereocenters. The molecule has 0 radical (unpaired) electrons. The molecule has 1 aromatic rings. The zero-order chi connectivity index (χ0) is 8.97. The molecule has 0 saturated heterocycles. The van der Waals surface area contributed by atoms with Crippen LogP contribution in [0.4, 0.5) is 0 Å². The minimum atomic E-state index is 0.581. The second-order valence-electron chi connectivity index (χ2n) is 2.60. The van der Waals surface area contributed by atoms with E-state index in [-0.39, 0.29) is 0 Å². The van der Waals surface area contributed by atoms with E-state index in [1.54, 1.807) is 6.20 Å². The topological polar surface area (TPSA) is 38.9 Å². The summed E-state index contributed by atoms with van der Waals surface area (Å²) in [5.74, 6) is 0. The lowest BCUT2D eigenvalue weighted by atomic mass is 10.2. The second-order valence-corrected chi connectivity index (χ2v) is 3.51. The van der Waals surface area contributed by atoms with Crippen molar-refractivity contribution in [3.63, 3.8) is 0 Å². The Balaban J connectivity index is 2.84. The maximum absolute atomic E-state index is 5.44. The number of aromatic nitrogens is 1. The Morgan fingerprint density at radius 3 is 2.92 bits per heavy atom. The highest BCUT2D eigenvalue weighted by Crippen LogP contribution is 2.09. The van der Waals surface area contributed by atoms with Crippen molar-refractivity contribution >= 4 is 22.0 Å². The largest absolute Gasteiger partial charge is 0.327 e. The SMILES string of the molecule is C/C(=C/c1ccc(Br)cn1)CN. The van der Waals surface area contributed by atoms with Crippen molar-refractivity contribution in [2.75, 3.05) is 6.54 Å². The maximum atomic E-state index is 5.44. The van der Waals surface area contributed by atoms with Crippen LogP contribution in [0.25, 0.3) is 6.08 Å². The van der Waals surface area contributed by atoms with Crippen LogP contribution >= 0.6 is 15.9 Å². The van der Waals surface area contributed by atoms with Gasteiger partial charge in [-0.15, -0.1) is 0 Å². The van der Waals surface area contributed by atoms with Gasteiger partial charge in [-0.25, -0.2) is 0 Å². The predicted octanol–water partition coefficient (Wildman–Crippen LogP) is 2.21. The van der Waals surface area contributed by atoms with Crippen molar-refractivity contribution in [2.45, 2.75) is 6.92 Å². The fraction of sp³-hybridized carbons (Fsp3) is 0.222. The molecule has 2 nitrogen and oxygen atoms in total. The number of hydrogen-bond donors (Lipinski definition) is 1. The molecule has 0 amide bonds. The second kappa shape index (κ2) is 4.38. The van der Waals surface area contributed by atoms with Gasteiger partial charge < -0.3 is 5.73 Å². The van der Waals surface area contributed by atoms with Gasteiger partial charge in [0.2, 0.25) is 0 Å². The van der Waals surface area contributed by atoms with Crippen LogP contribution in [0.3, 0.4) is 0 Å². The van der Waals surface area contributed by atoms with Gasteiger partial charge in [-0.3, -0.25) is 4.98 Å². The molecule has 0 aliphatic carbocycles. The first kappa shape index (κ1) is 9.42. The summed E-state index contributed by atoms with van der Waals surface area (Å²) in [4.78, 5) is 4.19. The number of pyridine rings is 1. The molecule has 2 N–H and O–H groups in total. The highest BCUT2D eigenvalue weighted by atomic mass is 79.9. The Morgan fingerprint density at radius 2 is 2.42 bits per heavy atom. The van der Waals surface area contributed by atoms with Gasteiger partial charge in [0.1, 0.15) is 0 Å². The highest BCUT2D eigenvalue weighted by molar-refractivity contribution is 9.10. The monoisotopic (exact) mass is 226 g/mol. The highest BCUT2D eigenvalue weighted by Gasteiger charge is 1.90. The summed E-state index contributed by atoms with van der Waals surface area (Å²) in [6.07, 6.45) is 3.75. The van der Waals surface area contributed by atoms with Gasteiger partial charge in [0.25, 0.3) is 0 Å². The Hall–Kier alpha value is -0.670. The smallest absolute Gasteiger partial charge is 0.0630 e. The summed E-state index contributed by atoms with van der Waals surface area (Å²) in [6, 6.07) is 3.91. The molecule has 1 aromatic heterocycles. The third-order valence-electron chi connectivity index (χ3n) is 1.47. The standard InChI is InChI=1S/C9H11BrN2/c1-7(5-11)4-9-3-2-8(10)6-12-9/h2-4,6H,5,11H2,1H3/b7-4-. The van der Waals surface area contributed by atoms with Crippen LogP contribution in [0.2, 0.25) is 0 Å². The number of rotatable bonds is 2. The Kier molecular flexibility index (Phi) is 3.44. The molecule has 0 aliphatic rings. The van der Waals surface area contributed by atoms with Crippen molar-refractivity contribution in [3.05, 3.63) is 34.1 Å². The third-order valence-corrected chi connectivity index (χ3v) is 1.94. The Bertz CT molecular complexity index is 277. The molecule has 0 saturated carbocycles. The van der Waals surface area contributed by atoms with E-state index in [0.717, 1.165) is 15.7 Å². The summed E-state index contributed by atoms with van der Waals surface area (Å²) in [7, 11) is 0. The van der Waals surface area contributed by atoms with E-state index in [0.29, 0.717) is 6.54 Å². The van der Waals surface area contributed by atoms with Gasteiger partial charge in [-0.1, -0.05) is 5.57 Å². The van der Waals surface area contributed by atoms with E-state index < -0.39 is 0 Å². The molecule has 0 aliphatic heterocycles. The molecule has 1 heterocycles. The van der Waals surface area contributed by atoms with Crippen LogP contribution in [0.1, 0.15) is 12.6 Å². The van der Waals surface area contributed by atoms with Crippen LogP contribution in [0, 0.1) is 0 Å². The fourth-order valence-electron chi connectivity index (χ4n) is 0.784. The van der Waals surface area contributed by atoms with Crippen LogP contribution in [0.5, 0.6) is 0 Å². The molecule has 1 rings (SSSR count). The van der Waals surface area contributed by atoms with Crippen molar-refractivity contribution in [1.29, 1.82) is 0 Å². The minimum absolute atomic E-state index is 0.581. The van der Waals surface area contributed by atoms with Crippen LogP contribution in [-0.2, 0) is 0 Å². The van der Waals surface area contributed by atoms with Gasteiger partial charge in [0.05, 0.1) is 5.69 Å². The molecule has 0 fully saturated rings. The van der Waals surface area contributed by atoms with Gasteiger partial charge in [0, 0.05) is 17.2 Å². The molecule has 12 heavy (non-hydrogen) atoms. The number of nitrogens with zero attached hydrogens (tertiary/aromatic N) is 1. The average molecular weight is 227 g/mol. The normalized spacial score (nSPS) is 11.8. The number of hydrogen-bond acceptors (Lipinski definition) is 2. The number of nitrogens with two attached hydrogens (primary N) is 1. The van der Waals surface area contributed by atoms with Gasteiger partial charge >= 0.3 is 0 Å². The van der Waals surface area contributed by atoms with Crippen molar-refractivity contribution in [3.8, 4) is 0 Å². The zero-order valence-electron chi connectivity index (χ0n) is 6.92. The molecule has 3 heteroatoms. The summed E-state index contributed by atoms with van der Waals surface area (Å²) in [5.41, 5.74) is 7.52. The van der Waals surface area contributed by atoms with Crippen molar-refractivity contribution < 1.29 is 0 Å². The lowest BCUT2D eigenvalue weighted by Crippen LogP contribution is -1.99. The lowest BCUT2D eigenvalue weighted by molar-refractivity contribution is 1.14.